The smallest absolute Gasteiger partial charge is 0.0945 e. The lowest BCUT2D eigenvalue weighted by Crippen LogP contribution is -2.43. The maximum absolute atomic E-state index is 10.5. The number of aliphatic hydroxyl groups is 1. The zero-order chi connectivity index (χ0) is 13.7. The van der Waals surface area contributed by atoms with Crippen molar-refractivity contribution in [1.82, 2.24) is 5.32 Å². The maximum Gasteiger partial charge on any atom is 0.0945 e. The highest BCUT2D eigenvalue weighted by atomic mass is 16.3. The second-order valence-electron chi connectivity index (χ2n) is 5.60. The standard InChI is InChI=1S/C16H27NO/c1-6-13(5)17-15(11(2)3)16(18)14-9-7-12(4)8-10-14/h7-11,13,15-18H,6H2,1-5H3. The Morgan fingerprint density at radius 3 is 2.11 bits per heavy atom. The molecule has 0 fully saturated rings. The van der Waals surface area contributed by atoms with E-state index < -0.39 is 6.10 Å². The van der Waals surface area contributed by atoms with Gasteiger partial charge in [0.15, 0.2) is 0 Å². The van der Waals surface area contributed by atoms with E-state index in [4.69, 9.17) is 0 Å². The second-order valence-corrected chi connectivity index (χ2v) is 5.60. The van der Waals surface area contributed by atoms with Crippen LogP contribution in [-0.2, 0) is 0 Å². The lowest BCUT2D eigenvalue weighted by atomic mass is 9.92. The van der Waals surface area contributed by atoms with E-state index >= 15 is 0 Å². The zero-order valence-corrected chi connectivity index (χ0v) is 12.3. The Bertz CT molecular complexity index is 345. The molecule has 0 radical (unpaired) electrons. The predicted molar refractivity (Wildman–Crippen MR) is 77.7 cm³/mol. The van der Waals surface area contributed by atoms with Crippen molar-refractivity contribution < 1.29 is 5.11 Å². The van der Waals surface area contributed by atoms with Gasteiger partial charge < -0.3 is 10.4 Å². The van der Waals surface area contributed by atoms with Crippen LogP contribution in [0.15, 0.2) is 24.3 Å². The fourth-order valence-corrected chi connectivity index (χ4v) is 2.07. The van der Waals surface area contributed by atoms with Crippen LogP contribution < -0.4 is 5.32 Å². The first-order chi connectivity index (χ1) is 8.45. The van der Waals surface area contributed by atoms with Crippen LogP contribution in [0.25, 0.3) is 0 Å². The normalized spacial score (nSPS) is 16.6. The molecule has 3 atom stereocenters. The van der Waals surface area contributed by atoms with E-state index in [9.17, 15) is 5.11 Å². The fraction of sp³-hybridized carbons (Fsp3) is 0.625. The van der Waals surface area contributed by atoms with Crippen LogP contribution in [-0.4, -0.2) is 17.2 Å². The summed E-state index contributed by atoms with van der Waals surface area (Å²) in [5, 5.41) is 14.1. The highest BCUT2D eigenvalue weighted by molar-refractivity contribution is 5.24. The zero-order valence-electron chi connectivity index (χ0n) is 12.3. The molecule has 0 saturated heterocycles. The van der Waals surface area contributed by atoms with E-state index in [2.05, 4.69) is 52.1 Å². The van der Waals surface area contributed by atoms with E-state index in [1.165, 1.54) is 5.56 Å². The Morgan fingerprint density at radius 1 is 1.11 bits per heavy atom. The molecular weight excluding hydrogens is 222 g/mol. The van der Waals surface area contributed by atoms with Crippen molar-refractivity contribution in [1.29, 1.82) is 0 Å². The molecule has 2 heteroatoms. The Balaban J connectivity index is 2.82. The number of hydrogen-bond donors (Lipinski definition) is 2. The van der Waals surface area contributed by atoms with Gasteiger partial charge in [-0.15, -0.1) is 0 Å². The summed E-state index contributed by atoms with van der Waals surface area (Å²) in [6.07, 6.45) is 0.628. The van der Waals surface area contributed by atoms with Crippen LogP contribution in [0.3, 0.4) is 0 Å². The molecule has 1 aromatic rings. The molecule has 1 rings (SSSR count). The molecule has 0 bridgehead atoms. The molecule has 2 N–H and O–H groups in total. The van der Waals surface area contributed by atoms with Crippen LogP contribution in [0.4, 0.5) is 0 Å². The summed E-state index contributed by atoms with van der Waals surface area (Å²) in [5.74, 6) is 0.398. The minimum absolute atomic E-state index is 0.0997. The van der Waals surface area contributed by atoms with Crippen LogP contribution >= 0.6 is 0 Å². The molecule has 102 valence electrons. The highest BCUT2D eigenvalue weighted by Gasteiger charge is 2.24. The highest BCUT2D eigenvalue weighted by Crippen LogP contribution is 2.23. The van der Waals surface area contributed by atoms with Gasteiger partial charge in [-0.2, -0.15) is 0 Å². The van der Waals surface area contributed by atoms with Gasteiger partial charge in [-0.05, 0) is 31.7 Å². The number of benzene rings is 1. The van der Waals surface area contributed by atoms with Gasteiger partial charge in [0.05, 0.1) is 6.10 Å². The van der Waals surface area contributed by atoms with Crippen LogP contribution in [0, 0.1) is 12.8 Å². The quantitative estimate of drug-likeness (QED) is 0.809. The van der Waals surface area contributed by atoms with E-state index in [0.29, 0.717) is 12.0 Å². The molecule has 1 aromatic carbocycles. The van der Waals surface area contributed by atoms with E-state index in [1.807, 2.05) is 12.1 Å². The first kappa shape index (κ1) is 15.2. The molecule has 0 heterocycles. The Hall–Kier alpha value is -0.860. The molecule has 0 aliphatic heterocycles. The lowest BCUT2D eigenvalue weighted by molar-refractivity contribution is 0.0986. The van der Waals surface area contributed by atoms with Gasteiger partial charge in [0.25, 0.3) is 0 Å². The summed E-state index contributed by atoms with van der Waals surface area (Å²) in [6, 6.07) is 8.68. The number of nitrogens with one attached hydrogen (secondary N) is 1. The number of aryl methyl sites for hydroxylation is 1. The molecule has 0 aliphatic rings. The number of rotatable bonds is 6. The Kier molecular flexibility index (Phi) is 5.83. The lowest BCUT2D eigenvalue weighted by Gasteiger charge is -2.30. The summed E-state index contributed by atoms with van der Waals surface area (Å²) in [5.41, 5.74) is 2.22. The summed E-state index contributed by atoms with van der Waals surface area (Å²) < 4.78 is 0. The average Bonchev–Trinajstić information content (AvgIpc) is 2.35. The molecular formula is C16H27NO. The molecule has 0 spiro atoms. The Labute approximate surface area is 111 Å². The second kappa shape index (κ2) is 6.91. The van der Waals surface area contributed by atoms with Gasteiger partial charge in [-0.3, -0.25) is 0 Å². The average molecular weight is 249 g/mol. The third kappa shape index (κ3) is 4.11. The van der Waals surface area contributed by atoms with E-state index in [1.54, 1.807) is 0 Å². The van der Waals surface area contributed by atoms with Crippen molar-refractivity contribution in [2.24, 2.45) is 5.92 Å². The van der Waals surface area contributed by atoms with Gasteiger partial charge >= 0.3 is 0 Å². The van der Waals surface area contributed by atoms with Gasteiger partial charge in [0.2, 0.25) is 0 Å². The summed E-state index contributed by atoms with van der Waals surface area (Å²) in [7, 11) is 0. The number of hydrogen-bond acceptors (Lipinski definition) is 2. The predicted octanol–water partition coefficient (Wildman–Crippen LogP) is 3.44. The molecule has 3 unspecified atom stereocenters. The van der Waals surface area contributed by atoms with Gasteiger partial charge in [0, 0.05) is 12.1 Å². The molecule has 0 aliphatic carbocycles. The molecule has 0 saturated carbocycles. The van der Waals surface area contributed by atoms with Crippen LogP contribution in [0.5, 0.6) is 0 Å². The SMILES string of the molecule is CCC(C)NC(C(C)C)C(O)c1ccc(C)cc1. The van der Waals surface area contributed by atoms with Crippen molar-refractivity contribution in [3.05, 3.63) is 35.4 Å². The summed E-state index contributed by atoms with van der Waals surface area (Å²) in [6.45, 7) is 10.7. The van der Waals surface area contributed by atoms with Crippen molar-refractivity contribution >= 4 is 0 Å². The molecule has 18 heavy (non-hydrogen) atoms. The number of aliphatic hydroxyl groups excluding tert-OH is 1. The topological polar surface area (TPSA) is 32.3 Å². The molecule has 2 nitrogen and oxygen atoms in total. The third-order valence-electron chi connectivity index (χ3n) is 3.57. The van der Waals surface area contributed by atoms with Crippen molar-refractivity contribution in [3.8, 4) is 0 Å². The first-order valence-electron chi connectivity index (χ1n) is 6.96. The monoisotopic (exact) mass is 249 g/mol. The first-order valence-corrected chi connectivity index (χ1v) is 6.96. The van der Waals surface area contributed by atoms with Crippen LogP contribution in [0.2, 0.25) is 0 Å². The van der Waals surface area contributed by atoms with Gasteiger partial charge in [-0.25, -0.2) is 0 Å². The fourth-order valence-electron chi connectivity index (χ4n) is 2.07. The molecule has 0 amide bonds. The Morgan fingerprint density at radius 2 is 1.67 bits per heavy atom. The minimum atomic E-state index is -0.445. The minimum Gasteiger partial charge on any atom is -0.387 e. The van der Waals surface area contributed by atoms with Crippen molar-refractivity contribution in [2.75, 3.05) is 0 Å². The van der Waals surface area contributed by atoms with E-state index in [-0.39, 0.29) is 6.04 Å². The van der Waals surface area contributed by atoms with Gasteiger partial charge in [0.1, 0.15) is 0 Å². The van der Waals surface area contributed by atoms with E-state index in [0.717, 1.165) is 12.0 Å². The summed E-state index contributed by atoms with van der Waals surface area (Å²) >= 11 is 0. The van der Waals surface area contributed by atoms with Crippen molar-refractivity contribution in [3.63, 3.8) is 0 Å². The largest absolute Gasteiger partial charge is 0.387 e. The molecule has 0 aromatic heterocycles. The van der Waals surface area contributed by atoms with Crippen molar-refractivity contribution in [2.45, 2.75) is 59.2 Å². The van der Waals surface area contributed by atoms with Gasteiger partial charge in [-0.1, -0.05) is 50.6 Å². The maximum atomic E-state index is 10.5. The van der Waals surface area contributed by atoms with Crippen LogP contribution in [0.1, 0.15) is 51.3 Å². The summed E-state index contributed by atoms with van der Waals surface area (Å²) in [4.78, 5) is 0. The third-order valence-corrected chi connectivity index (χ3v) is 3.57.